The van der Waals surface area contributed by atoms with Crippen molar-refractivity contribution in [1.82, 2.24) is 0 Å². The highest BCUT2D eigenvalue weighted by Gasteiger charge is 2.51. The Morgan fingerprint density at radius 3 is 1.95 bits per heavy atom. The molecule has 1 aliphatic rings. The van der Waals surface area contributed by atoms with E-state index < -0.39 is 20.4 Å². The summed E-state index contributed by atoms with van der Waals surface area (Å²) in [6.45, 7) is 7.34. The Morgan fingerprint density at radius 1 is 0.816 bits per heavy atom. The second-order valence-electron chi connectivity index (χ2n) is 10.6. The molecule has 2 atom stereocenters. The SMILES string of the molecule is CC(C)(C)[Si](O[C@@H]1C/C=C\C[C@@H](OCOCc2ccccc2)C(=O)OC1)(c1ccccc1)c1ccccc1. The fraction of sp³-hybridized carbons (Fsp3) is 0.344. The van der Waals surface area contributed by atoms with E-state index in [4.69, 9.17) is 18.6 Å². The summed E-state index contributed by atoms with van der Waals surface area (Å²) in [6, 6.07) is 30.9. The van der Waals surface area contributed by atoms with Gasteiger partial charge in [0.25, 0.3) is 8.32 Å². The van der Waals surface area contributed by atoms with E-state index in [0.717, 1.165) is 5.56 Å². The minimum absolute atomic E-state index is 0.0183. The number of ether oxygens (including phenoxy) is 3. The molecule has 0 aliphatic carbocycles. The number of cyclic esters (lactones) is 1. The predicted molar refractivity (Wildman–Crippen MR) is 153 cm³/mol. The van der Waals surface area contributed by atoms with Crippen molar-refractivity contribution < 1.29 is 23.4 Å². The molecule has 38 heavy (non-hydrogen) atoms. The van der Waals surface area contributed by atoms with Crippen LogP contribution in [0.4, 0.5) is 0 Å². The zero-order valence-electron chi connectivity index (χ0n) is 22.5. The Morgan fingerprint density at radius 2 is 1.37 bits per heavy atom. The van der Waals surface area contributed by atoms with Crippen LogP contribution < -0.4 is 10.4 Å². The molecule has 4 rings (SSSR count). The normalized spacial score (nSPS) is 19.6. The van der Waals surface area contributed by atoms with E-state index in [-0.39, 0.29) is 24.5 Å². The van der Waals surface area contributed by atoms with Gasteiger partial charge in [0.1, 0.15) is 13.4 Å². The van der Waals surface area contributed by atoms with E-state index in [1.54, 1.807) is 0 Å². The van der Waals surface area contributed by atoms with Crippen molar-refractivity contribution in [1.29, 1.82) is 0 Å². The van der Waals surface area contributed by atoms with Crippen molar-refractivity contribution in [3.8, 4) is 0 Å². The Labute approximate surface area is 227 Å². The smallest absolute Gasteiger partial charge is 0.335 e. The van der Waals surface area contributed by atoms with Gasteiger partial charge in [-0.1, -0.05) is 124 Å². The zero-order valence-corrected chi connectivity index (χ0v) is 23.5. The molecule has 5 nitrogen and oxygen atoms in total. The molecule has 200 valence electrons. The first-order valence-electron chi connectivity index (χ1n) is 13.2. The van der Waals surface area contributed by atoms with E-state index in [2.05, 4.69) is 75.4 Å². The first kappa shape index (κ1) is 28.0. The van der Waals surface area contributed by atoms with Gasteiger partial charge in [0.15, 0.2) is 6.10 Å². The number of hydrogen-bond acceptors (Lipinski definition) is 5. The predicted octanol–water partition coefficient (Wildman–Crippen LogP) is 5.38. The molecule has 0 bridgehead atoms. The van der Waals surface area contributed by atoms with Crippen LogP contribution in [0.5, 0.6) is 0 Å². The van der Waals surface area contributed by atoms with Crippen molar-refractivity contribution in [3.63, 3.8) is 0 Å². The zero-order chi connectivity index (χ0) is 26.8. The van der Waals surface area contributed by atoms with Crippen molar-refractivity contribution in [3.05, 3.63) is 109 Å². The van der Waals surface area contributed by atoms with Crippen LogP contribution in [0.25, 0.3) is 0 Å². The third kappa shape index (κ3) is 6.88. The van der Waals surface area contributed by atoms with Gasteiger partial charge < -0.3 is 18.6 Å². The van der Waals surface area contributed by atoms with Gasteiger partial charge >= 0.3 is 5.97 Å². The Hall–Kier alpha value is -3.03. The van der Waals surface area contributed by atoms with Crippen LogP contribution in [0.2, 0.25) is 5.04 Å². The maximum absolute atomic E-state index is 13.0. The molecule has 0 saturated carbocycles. The van der Waals surface area contributed by atoms with E-state index in [0.29, 0.717) is 19.4 Å². The van der Waals surface area contributed by atoms with Crippen molar-refractivity contribution in [2.75, 3.05) is 13.4 Å². The molecular formula is C32H38O5Si. The quantitative estimate of drug-likeness (QED) is 0.122. The van der Waals surface area contributed by atoms with Gasteiger partial charge in [-0.25, -0.2) is 4.79 Å². The van der Waals surface area contributed by atoms with Crippen LogP contribution in [0.1, 0.15) is 39.2 Å². The van der Waals surface area contributed by atoms with Gasteiger partial charge in [0.05, 0.1) is 12.7 Å². The highest BCUT2D eigenvalue weighted by atomic mass is 28.4. The fourth-order valence-electron chi connectivity index (χ4n) is 4.92. The fourth-order valence-corrected chi connectivity index (χ4v) is 9.60. The molecule has 0 amide bonds. The van der Waals surface area contributed by atoms with Crippen molar-refractivity contribution in [2.24, 2.45) is 0 Å². The Bertz CT molecular complexity index is 1120. The lowest BCUT2D eigenvalue weighted by Crippen LogP contribution is -2.68. The molecule has 0 saturated heterocycles. The maximum atomic E-state index is 13.0. The van der Waals surface area contributed by atoms with Crippen LogP contribution in [0.15, 0.2) is 103 Å². The second kappa shape index (κ2) is 13.2. The standard InChI is InChI=1S/C32H38O5Si/c1-32(2,3)38(28-18-9-5-10-19-28,29-20-11-6-12-21-29)37-27-17-13-14-22-30(31(33)35-24-27)36-25-34-23-26-15-7-4-8-16-26/h4-16,18-21,27,30H,17,22-25H2,1-3H3/b14-13-/t27-,30-/m1/s1. The maximum Gasteiger partial charge on any atom is 0.335 e. The number of esters is 1. The topological polar surface area (TPSA) is 54.0 Å². The monoisotopic (exact) mass is 530 g/mol. The van der Waals surface area contributed by atoms with Gasteiger partial charge in [0.2, 0.25) is 0 Å². The molecule has 0 aromatic heterocycles. The molecule has 0 N–H and O–H groups in total. The van der Waals surface area contributed by atoms with E-state index in [1.165, 1.54) is 10.4 Å². The lowest BCUT2D eigenvalue weighted by atomic mass is 10.2. The first-order valence-corrected chi connectivity index (χ1v) is 15.1. The average molecular weight is 531 g/mol. The van der Waals surface area contributed by atoms with Crippen LogP contribution in [0, 0.1) is 0 Å². The lowest BCUT2D eigenvalue weighted by Gasteiger charge is -2.45. The van der Waals surface area contributed by atoms with Gasteiger partial charge in [-0.2, -0.15) is 0 Å². The molecule has 0 radical (unpaired) electrons. The number of carbonyl (C=O) groups excluding carboxylic acids is 1. The van der Waals surface area contributed by atoms with Gasteiger partial charge in [0, 0.05) is 6.42 Å². The summed E-state index contributed by atoms with van der Waals surface area (Å²) >= 11 is 0. The summed E-state index contributed by atoms with van der Waals surface area (Å²) in [5, 5.41) is 2.24. The highest BCUT2D eigenvalue weighted by molar-refractivity contribution is 6.99. The number of rotatable bonds is 9. The van der Waals surface area contributed by atoms with Gasteiger partial charge in [-0.3, -0.25) is 0 Å². The van der Waals surface area contributed by atoms with Crippen molar-refractivity contribution in [2.45, 2.75) is 57.5 Å². The largest absolute Gasteiger partial charge is 0.461 e. The van der Waals surface area contributed by atoms with Crippen LogP contribution in [-0.4, -0.2) is 39.9 Å². The van der Waals surface area contributed by atoms with E-state index >= 15 is 0 Å². The first-order chi connectivity index (χ1) is 18.4. The second-order valence-corrected chi connectivity index (χ2v) is 14.8. The molecular weight excluding hydrogens is 492 g/mol. The molecule has 1 aliphatic heterocycles. The Kier molecular flexibility index (Phi) is 9.69. The molecule has 0 fully saturated rings. The van der Waals surface area contributed by atoms with E-state index in [9.17, 15) is 4.79 Å². The number of hydrogen-bond donors (Lipinski definition) is 0. The van der Waals surface area contributed by atoms with Crippen LogP contribution >= 0.6 is 0 Å². The van der Waals surface area contributed by atoms with Crippen LogP contribution in [0.3, 0.4) is 0 Å². The van der Waals surface area contributed by atoms with E-state index in [1.807, 2.05) is 48.5 Å². The average Bonchev–Trinajstić information content (AvgIpc) is 3.01. The number of carbonyl (C=O) groups is 1. The molecule has 0 spiro atoms. The minimum Gasteiger partial charge on any atom is -0.461 e. The highest BCUT2D eigenvalue weighted by Crippen LogP contribution is 2.38. The molecule has 0 unspecified atom stereocenters. The van der Waals surface area contributed by atoms with Gasteiger partial charge in [-0.15, -0.1) is 0 Å². The molecule has 6 heteroatoms. The summed E-state index contributed by atoms with van der Waals surface area (Å²) in [5.74, 6) is -0.393. The van der Waals surface area contributed by atoms with Crippen molar-refractivity contribution >= 4 is 24.7 Å². The minimum atomic E-state index is -2.77. The Balaban J connectivity index is 1.47. The third-order valence-electron chi connectivity index (χ3n) is 6.81. The summed E-state index contributed by atoms with van der Waals surface area (Å²) < 4.78 is 24.3. The molecule has 1 heterocycles. The molecule has 3 aromatic rings. The lowest BCUT2D eigenvalue weighted by molar-refractivity contribution is -0.169. The van der Waals surface area contributed by atoms with Gasteiger partial charge in [-0.05, 0) is 27.4 Å². The molecule has 3 aromatic carbocycles. The summed E-state index contributed by atoms with van der Waals surface area (Å²) in [6.07, 6.45) is 4.14. The summed E-state index contributed by atoms with van der Waals surface area (Å²) in [5.41, 5.74) is 1.05. The van der Waals surface area contributed by atoms with Crippen LogP contribution in [-0.2, 0) is 30.0 Å². The number of benzene rings is 3. The third-order valence-corrected chi connectivity index (χ3v) is 11.9. The summed E-state index contributed by atoms with van der Waals surface area (Å²) in [7, 11) is -2.77. The summed E-state index contributed by atoms with van der Waals surface area (Å²) in [4.78, 5) is 13.0.